The molecule has 0 heterocycles. The van der Waals surface area contributed by atoms with Crippen LogP contribution in [0.4, 0.5) is 0 Å². The average molecular weight is 230 g/mol. The summed E-state index contributed by atoms with van der Waals surface area (Å²) >= 11 is 7.89. The minimum atomic E-state index is 0.529. The van der Waals surface area contributed by atoms with Gasteiger partial charge in [0, 0.05) is 23.4 Å². The summed E-state index contributed by atoms with van der Waals surface area (Å²) in [4.78, 5) is 0. The van der Waals surface area contributed by atoms with Gasteiger partial charge in [-0.2, -0.15) is 11.8 Å². The summed E-state index contributed by atoms with van der Waals surface area (Å²) in [6.07, 6.45) is 2.12. The summed E-state index contributed by atoms with van der Waals surface area (Å²) in [5, 5.41) is 4.28. The predicted octanol–water partition coefficient (Wildman–Crippen LogP) is 3.18. The second-order valence-electron chi connectivity index (χ2n) is 3.33. The molecule has 78 valence electrons. The molecule has 0 spiro atoms. The Morgan fingerprint density at radius 1 is 1.43 bits per heavy atom. The summed E-state index contributed by atoms with van der Waals surface area (Å²) < 4.78 is 0. The quantitative estimate of drug-likeness (QED) is 0.833. The zero-order valence-corrected chi connectivity index (χ0v) is 10.2. The molecule has 0 aliphatic carbocycles. The first kappa shape index (κ1) is 11.9. The third-order valence-corrected chi connectivity index (χ3v) is 3.22. The van der Waals surface area contributed by atoms with Gasteiger partial charge >= 0.3 is 0 Å². The SMILES string of the molecule is CSCC(C)NCc1ccccc1Cl. The number of hydrogen-bond acceptors (Lipinski definition) is 2. The van der Waals surface area contributed by atoms with E-state index in [1.165, 1.54) is 5.56 Å². The molecule has 0 radical (unpaired) electrons. The molecule has 14 heavy (non-hydrogen) atoms. The molecule has 0 aliphatic heterocycles. The number of thioether (sulfide) groups is 1. The van der Waals surface area contributed by atoms with Gasteiger partial charge in [-0.1, -0.05) is 29.8 Å². The molecule has 0 amide bonds. The topological polar surface area (TPSA) is 12.0 Å². The maximum atomic E-state index is 6.04. The van der Waals surface area contributed by atoms with Crippen molar-refractivity contribution in [1.82, 2.24) is 5.32 Å². The van der Waals surface area contributed by atoms with Gasteiger partial charge in [0.05, 0.1) is 0 Å². The van der Waals surface area contributed by atoms with Crippen LogP contribution in [0.2, 0.25) is 5.02 Å². The van der Waals surface area contributed by atoms with Crippen LogP contribution in [0.1, 0.15) is 12.5 Å². The van der Waals surface area contributed by atoms with E-state index in [0.29, 0.717) is 6.04 Å². The van der Waals surface area contributed by atoms with Gasteiger partial charge in [0.1, 0.15) is 0 Å². The molecule has 0 aliphatic rings. The molecule has 0 bridgehead atoms. The molecule has 0 saturated heterocycles. The zero-order chi connectivity index (χ0) is 10.4. The van der Waals surface area contributed by atoms with E-state index in [0.717, 1.165) is 17.3 Å². The van der Waals surface area contributed by atoms with E-state index < -0.39 is 0 Å². The molecule has 1 N–H and O–H groups in total. The maximum Gasteiger partial charge on any atom is 0.0450 e. The Morgan fingerprint density at radius 3 is 2.79 bits per heavy atom. The summed E-state index contributed by atoms with van der Waals surface area (Å²) in [5.74, 6) is 1.13. The Kier molecular flexibility index (Phi) is 5.38. The van der Waals surface area contributed by atoms with Crippen molar-refractivity contribution < 1.29 is 0 Å². The average Bonchev–Trinajstić information content (AvgIpc) is 2.17. The lowest BCUT2D eigenvalue weighted by atomic mass is 10.2. The van der Waals surface area contributed by atoms with Gasteiger partial charge in [0.2, 0.25) is 0 Å². The van der Waals surface area contributed by atoms with Crippen molar-refractivity contribution >= 4 is 23.4 Å². The molecule has 0 aromatic heterocycles. The van der Waals surface area contributed by atoms with Crippen LogP contribution in [0.25, 0.3) is 0 Å². The Bertz CT molecular complexity index is 278. The van der Waals surface area contributed by atoms with E-state index >= 15 is 0 Å². The first-order valence-electron chi connectivity index (χ1n) is 4.69. The van der Waals surface area contributed by atoms with Crippen molar-refractivity contribution in [3.05, 3.63) is 34.9 Å². The molecule has 0 saturated carbocycles. The largest absolute Gasteiger partial charge is 0.309 e. The molecule has 1 rings (SSSR count). The number of benzene rings is 1. The summed E-state index contributed by atoms with van der Waals surface area (Å²) in [5.41, 5.74) is 1.17. The van der Waals surface area contributed by atoms with Crippen LogP contribution in [0, 0.1) is 0 Å². The van der Waals surface area contributed by atoms with Gasteiger partial charge in [-0.3, -0.25) is 0 Å². The van der Waals surface area contributed by atoms with Crippen LogP contribution in [0.15, 0.2) is 24.3 Å². The second kappa shape index (κ2) is 6.33. The van der Waals surface area contributed by atoms with E-state index in [1.807, 2.05) is 30.0 Å². The lowest BCUT2D eigenvalue weighted by Crippen LogP contribution is -2.27. The van der Waals surface area contributed by atoms with Crippen LogP contribution in [0.5, 0.6) is 0 Å². The molecule has 1 aromatic rings. The standard InChI is InChI=1S/C11H16ClNS/c1-9(8-14-2)13-7-10-5-3-4-6-11(10)12/h3-6,9,13H,7-8H2,1-2H3. The van der Waals surface area contributed by atoms with E-state index in [4.69, 9.17) is 11.6 Å². The van der Waals surface area contributed by atoms with E-state index in [-0.39, 0.29) is 0 Å². The molecule has 0 fully saturated rings. The molecule has 1 unspecified atom stereocenters. The van der Waals surface area contributed by atoms with Crippen LogP contribution in [-0.2, 0) is 6.54 Å². The first-order valence-corrected chi connectivity index (χ1v) is 6.47. The van der Waals surface area contributed by atoms with Crippen LogP contribution in [-0.4, -0.2) is 18.1 Å². The van der Waals surface area contributed by atoms with Gasteiger partial charge < -0.3 is 5.32 Å². The van der Waals surface area contributed by atoms with Crippen LogP contribution >= 0.6 is 23.4 Å². The third-order valence-electron chi connectivity index (χ3n) is 2.02. The van der Waals surface area contributed by atoms with Gasteiger partial charge in [0.25, 0.3) is 0 Å². The normalized spacial score (nSPS) is 12.8. The summed E-state index contributed by atoms with van der Waals surface area (Å²) in [6, 6.07) is 8.49. The van der Waals surface area contributed by atoms with Crippen molar-refractivity contribution in [3.63, 3.8) is 0 Å². The lowest BCUT2D eigenvalue weighted by molar-refractivity contribution is 0.596. The fourth-order valence-electron chi connectivity index (χ4n) is 1.23. The van der Waals surface area contributed by atoms with Gasteiger partial charge in [-0.15, -0.1) is 0 Å². The van der Waals surface area contributed by atoms with Crippen LogP contribution in [0.3, 0.4) is 0 Å². The van der Waals surface area contributed by atoms with Crippen molar-refractivity contribution in [2.24, 2.45) is 0 Å². The summed E-state index contributed by atoms with van der Waals surface area (Å²) in [7, 11) is 0. The highest BCUT2D eigenvalue weighted by molar-refractivity contribution is 7.98. The van der Waals surface area contributed by atoms with Gasteiger partial charge in [0.15, 0.2) is 0 Å². The molecule has 1 atom stereocenters. The van der Waals surface area contributed by atoms with Crippen molar-refractivity contribution in [2.75, 3.05) is 12.0 Å². The fourth-order valence-corrected chi connectivity index (χ4v) is 2.06. The van der Waals surface area contributed by atoms with Crippen molar-refractivity contribution in [1.29, 1.82) is 0 Å². The van der Waals surface area contributed by atoms with E-state index in [1.54, 1.807) is 0 Å². The highest BCUT2D eigenvalue weighted by atomic mass is 35.5. The number of rotatable bonds is 5. The second-order valence-corrected chi connectivity index (χ2v) is 4.65. The molecule has 1 aromatic carbocycles. The molecular weight excluding hydrogens is 214 g/mol. The van der Waals surface area contributed by atoms with Crippen molar-refractivity contribution in [3.8, 4) is 0 Å². The molecule has 1 nitrogen and oxygen atoms in total. The van der Waals surface area contributed by atoms with Crippen molar-refractivity contribution in [2.45, 2.75) is 19.5 Å². The Balaban J connectivity index is 2.41. The number of hydrogen-bond donors (Lipinski definition) is 1. The van der Waals surface area contributed by atoms with Crippen LogP contribution < -0.4 is 5.32 Å². The van der Waals surface area contributed by atoms with Gasteiger partial charge in [-0.25, -0.2) is 0 Å². The highest BCUT2D eigenvalue weighted by Gasteiger charge is 2.02. The van der Waals surface area contributed by atoms with E-state index in [2.05, 4.69) is 24.6 Å². The maximum absolute atomic E-state index is 6.04. The fraction of sp³-hybridized carbons (Fsp3) is 0.455. The molecular formula is C11H16ClNS. The minimum absolute atomic E-state index is 0.529. The number of halogens is 1. The smallest absolute Gasteiger partial charge is 0.0450 e. The minimum Gasteiger partial charge on any atom is -0.309 e. The molecule has 3 heteroatoms. The Morgan fingerprint density at radius 2 is 2.14 bits per heavy atom. The third kappa shape index (κ3) is 3.91. The summed E-state index contributed by atoms with van der Waals surface area (Å²) in [6.45, 7) is 3.04. The predicted molar refractivity (Wildman–Crippen MR) is 66.1 cm³/mol. The lowest BCUT2D eigenvalue weighted by Gasteiger charge is -2.12. The monoisotopic (exact) mass is 229 g/mol. The zero-order valence-electron chi connectivity index (χ0n) is 8.59. The highest BCUT2D eigenvalue weighted by Crippen LogP contribution is 2.14. The first-order chi connectivity index (χ1) is 6.74. The Hall–Kier alpha value is -0.180. The van der Waals surface area contributed by atoms with E-state index in [9.17, 15) is 0 Å². The van der Waals surface area contributed by atoms with Gasteiger partial charge in [-0.05, 0) is 24.8 Å². The Labute approximate surface area is 95.2 Å². The number of nitrogens with one attached hydrogen (secondary N) is 1.